The maximum absolute atomic E-state index is 12.6. The van der Waals surface area contributed by atoms with Gasteiger partial charge in [0.15, 0.2) is 12.4 Å². The Kier molecular flexibility index (Phi) is 6.85. The number of esters is 1. The molecular weight excluding hydrogens is 470 g/mol. The lowest BCUT2D eigenvalue weighted by Gasteiger charge is -2.17. The third-order valence-electron chi connectivity index (χ3n) is 6.32. The van der Waals surface area contributed by atoms with Crippen LogP contribution in [0.15, 0.2) is 91.0 Å². The number of rotatable bonds is 8. The molecular formula is C30H25NO6. The van der Waals surface area contributed by atoms with Crippen molar-refractivity contribution in [2.75, 3.05) is 25.2 Å². The zero-order chi connectivity index (χ0) is 25.8. The summed E-state index contributed by atoms with van der Waals surface area (Å²) < 4.78 is 16.4. The minimum atomic E-state index is -0.641. The second-order valence-corrected chi connectivity index (χ2v) is 8.74. The molecule has 4 aromatic rings. The Morgan fingerprint density at radius 1 is 0.892 bits per heavy atom. The molecule has 5 rings (SSSR count). The van der Waals surface area contributed by atoms with Gasteiger partial charge >= 0.3 is 5.97 Å². The smallest absolute Gasteiger partial charge is 0.311 e. The van der Waals surface area contributed by atoms with Gasteiger partial charge in [-0.25, -0.2) is 0 Å². The molecule has 1 aliphatic heterocycles. The van der Waals surface area contributed by atoms with E-state index in [1.807, 2.05) is 42.5 Å². The maximum Gasteiger partial charge on any atom is 0.311 e. The van der Waals surface area contributed by atoms with Crippen molar-refractivity contribution in [2.24, 2.45) is 5.92 Å². The zero-order valence-electron chi connectivity index (χ0n) is 20.3. The highest BCUT2D eigenvalue weighted by molar-refractivity contribution is 6.01. The molecule has 1 amide bonds. The van der Waals surface area contributed by atoms with Crippen LogP contribution in [0.4, 0.5) is 5.69 Å². The van der Waals surface area contributed by atoms with Crippen LogP contribution in [0.5, 0.6) is 17.2 Å². The lowest BCUT2D eigenvalue weighted by Crippen LogP contribution is -2.27. The lowest BCUT2D eigenvalue weighted by atomic mass is 10.1. The minimum Gasteiger partial charge on any atom is -0.497 e. The number of amides is 1. The molecule has 0 radical (unpaired) electrons. The van der Waals surface area contributed by atoms with E-state index in [2.05, 4.69) is 0 Å². The number of anilines is 1. The molecule has 7 heteroatoms. The highest BCUT2D eigenvalue weighted by atomic mass is 16.5. The Balaban J connectivity index is 1.19. The molecule has 0 N–H and O–H groups in total. The highest BCUT2D eigenvalue weighted by Gasteiger charge is 2.36. The monoisotopic (exact) mass is 495 g/mol. The van der Waals surface area contributed by atoms with Crippen LogP contribution in [-0.4, -0.2) is 37.9 Å². The van der Waals surface area contributed by atoms with Gasteiger partial charge in [-0.2, -0.15) is 0 Å². The molecule has 1 saturated heterocycles. The van der Waals surface area contributed by atoms with E-state index in [1.54, 1.807) is 53.4 Å². The molecule has 1 heterocycles. The molecule has 7 nitrogen and oxygen atoms in total. The van der Waals surface area contributed by atoms with Crippen LogP contribution in [0.2, 0.25) is 0 Å². The number of benzene rings is 4. The molecule has 1 atom stereocenters. The van der Waals surface area contributed by atoms with Crippen molar-refractivity contribution in [3.05, 3.63) is 96.6 Å². The van der Waals surface area contributed by atoms with Crippen LogP contribution >= 0.6 is 0 Å². The maximum atomic E-state index is 12.6. The number of hydrogen-bond acceptors (Lipinski definition) is 6. The molecule has 1 fully saturated rings. The molecule has 4 aromatic carbocycles. The second-order valence-electron chi connectivity index (χ2n) is 8.74. The van der Waals surface area contributed by atoms with E-state index in [0.717, 1.165) is 16.5 Å². The van der Waals surface area contributed by atoms with Gasteiger partial charge in [0.25, 0.3) is 0 Å². The summed E-state index contributed by atoms with van der Waals surface area (Å²) in [6, 6.07) is 27.7. The first kappa shape index (κ1) is 24.1. The van der Waals surface area contributed by atoms with Crippen molar-refractivity contribution in [3.8, 4) is 17.2 Å². The highest BCUT2D eigenvalue weighted by Crippen LogP contribution is 2.32. The molecule has 0 aromatic heterocycles. The number of Topliss-reactive ketones (excluding diaryl/α,β-unsaturated/α-hetero) is 1. The van der Waals surface area contributed by atoms with Crippen LogP contribution in [0, 0.1) is 5.92 Å². The van der Waals surface area contributed by atoms with Gasteiger partial charge in [-0.1, -0.05) is 48.5 Å². The summed E-state index contributed by atoms with van der Waals surface area (Å²) in [4.78, 5) is 39.2. The van der Waals surface area contributed by atoms with Gasteiger partial charge in [0.05, 0.1) is 13.0 Å². The largest absolute Gasteiger partial charge is 0.497 e. The Morgan fingerprint density at radius 2 is 1.65 bits per heavy atom. The number of fused-ring (bicyclic) bond motifs is 1. The third-order valence-corrected chi connectivity index (χ3v) is 6.32. The summed E-state index contributed by atoms with van der Waals surface area (Å²) in [7, 11) is 1.51. The lowest BCUT2D eigenvalue weighted by molar-refractivity contribution is -0.147. The molecule has 1 aliphatic rings. The Morgan fingerprint density at radius 3 is 2.46 bits per heavy atom. The van der Waals surface area contributed by atoms with E-state index >= 15 is 0 Å². The summed E-state index contributed by atoms with van der Waals surface area (Å²) >= 11 is 0. The van der Waals surface area contributed by atoms with Crippen molar-refractivity contribution < 1.29 is 28.6 Å². The summed E-state index contributed by atoms with van der Waals surface area (Å²) in [6.07, 6.45) is 0.0282. The van der Waals surface area contributed by atoms with Crippen LogP contribution < -0.4 is 14.4 Å². The standard InChI is InChI=1S/C30H25NO6/c1-35-25-9-4-8-21(16-25)27(32)19-36-30(34)22-17-29(33)31(18-22)23-12-14-24(15-13-23)37-28-11-5-7-20-6-2-3-10-26(20)28/h2-16,22H,17-19H2,1H3/t22-/m0/s1. The fourth-order valence-corrected chi connectivity index (χ4v) is 4.36. The predicted octanol–water partition coefficient (Wildman–Crippen LogP) is 5.42. The van der Waals surface area contributed by atoms with Crippen molar-refractivity contribution in [1.82, 2.24) is 0 Å². The van der Waals surface area contributed by atoms with Crippen LogP contribution in [0.1, 0.15) is 16.8 Å². The van der Waals surface area contributed by atoms with Gasteiger partial charge in [-0.05, 0) is 47.9 Å². The van der Waals surface area contributed by atoms with Crippen molar-refractivity contribution in [3.63, 3.8) is 0 Å². The van der Waals surface area contributed by atoms with E-state index in [4.69, 9.17) is 14.2 Å². The van der Waals surface area contributed by atoms with Gasteiger partial charge in [0.1, 0.15) is 17.2 Å². The van der Waals surface area contributed by atoms with Crippen LogP contribution in [-0.2, 0) is 14.3 Å². The van der Waals surface area contributed by atoms with Gasteiger partial charge < -0.3 is 19.1 Å². The number of hydrogen-bond donors (Lipinski definition) is 0. The zero-order valence-corrected chi connectivity index (χ0v) is 20.3. The van der Waals surface area contributed by atoms with E-state index in [9.17, 15) is 14.4 Å². The molecule has 37 heavy (non-hydrogen) atoms. The molecule has 0 unspecified atom stereocenters. The third kappa shape index (κ3) is 5.30. The average Bonchev–Trinajstić information content (AvgIpc) is 3.33. The average molecular weight is 496 g/mol. The van der Waals surface area contributed by atoms with E-state index in [0.29, 0.717) is 22.7 Å². The topological polar surface area (TPSA) is 82.1 Å². The number of carbonyl (C=O) groups excluding carboxylic acids is 3. The van der Waals surface area contributed by atoms with Crippen LogP contribution in [0.25, 0.3) is 10.8 Å². The predicted molar refractivity (Wildman–Crippen MR) is 139 cm³/mol. The van der Waals surface area contributed by atoms with Gasteiger partial charge in [0.2, 0.25) is 5.91 Å². The molecule has 0 spiro atoms. The number of ketones is 1. The molecule has 0 saturated carbocycles. The number of methoxy groups -OCH3 is 1. The molecule has 0 bridgehead atoms. The van der Waals surface area contributed by atoms with Crippen molar-refractivity contribution >= 4 is 34.1 Å². The Bertz CT molecular complexity index is 1460. The normalized spacial score (nSPS) is 15.0. The Labute approximate surface area is 214 Å². The summed E-state index contributed by atoms with van der Waals surface area (Å²) in [5.41, 5.74) is 1.06. The summed E-state index contributed by atoms with van der Waals surface area (Å²) in [5.74, 6) is 0.204. The fourth-order valence-electron chi connectivity index (χ4n) is 4.36. The molecule has 0 aliphatic carbocycles. The van der Waals surface area contributed by atoms with Crippen LogP contribution in [0.3, 0.4) is 0 Å². The fraction of sp³-hybridized carbons (Fsp3) is 0.167. The SMILES string of the molecule is COc1cccc(C(=O)COC(=O)[C@H]2CC(=O)N(c3ccc(Oc4cccc5ccccc45)cc3)C2)c1. The van der Waals surface area contributed by atoms with E-state index in [-0.39, 0.29) is 24.7 Å². The first-order valence-electron chi connectivity index (χ1n) is 11.9. The number of ether oxygens (including phenoxy) is 3. The van der Waals surface area contributed by atoms with Gasteiger partial charge in [0, 0.05) is 29.6 Å². The first-order valence-corrected chi connectivity index (χ1v) is 11.9. The van der Waals surface area contributed by atoms with Crippen molar-refractivity contribution in [2.45, 2.75) is 6.42 Å². The summed E-state index contributed by atoms with van der Waals surface area (Å²) in [5, 5.41) is 2.09. The second kappa shape index (κ2) is 10.5. The Hall–Kier alpha value is -4.65. The van der Waals surface area contributed by atoms with Crippen molar-refractivity contribution in [1.29, 1.82) is 0 Å². The first-order chi connectivity index (χ1) is 18.0. The van der Waals surface area contributed by atoms with E-state index < -0.39 is 18.5 Å². The number of carbonyl (C=O) groups is 3. The minimum absolute atomic E-state index is 0.0282. The quantitative estimate of drug-likeness (QED) is 0.240. The van der Waals surface area contributed by atoms with Gasteiger partial charge in [-0.15, -0.1) is 0 Å². The van der Waals surface area contributed by atoms with Gasteiger partial charge in [-0.3, -0.25) is 14.4 Å². The summed E-state index contributed by atoms with van der Waals surface area (Å²) in [6.45, 7) is -0.203. The van der Waals surface area contributed by atoms with E-state index in [1.165, 1.54) is 7.11 Å². The number of nitrogens with zero attached hydrogens (tertiary/aromatic N) is 1. The molecule has 186 valence electrons.